The van der Waals surface area contributed by atoms with Crippen LogP contribution in [0, 0.1) is 11.7 Å². The van der Waals surface area contributed by atoms with E-state index in [9.17, 15) is 19.1 Å². The van der Waals surface area contributed by atoms with Crippen molar-refractivity contribution in [2.45, 2.75) is 44.8 Å². The first-order valence-corrected chi connectivity index (χ1v) is 8.37. The van der Waals surface area contributed by atoms with Gasteiger partial charge in [0.15, 0.2) is 0 Å². The smallest absolute Gasteiger partial charge is 0.326 e. The lowest BCUT2D eigenvalue weighted by atomic mass is 9.93. The maximum Gasteiger partial charge on any atom is 0.326 e. The summed E-state index contributed by atoms with van der Waals surface area (Å²) in [6.07, 6.45) is 1.79. The van der Waals surface area contributed by atoms with Crippen molar-refractivity contribution in [2.75, 3.05) is 6.61 Å². The van der Waals surface area contributed by atoms with Gasteiger partial charge in [-0.25, -0.2) is 9.18 Å². The number of aliphatic carboxylic acids is 1. The topological polar surface area (TPSA) is 75.6 Å². The number of halogens is 2. The molecule has 1 heterocycles. The van der Waals surface area contributed by atoms with E-state index in [0.717, 1.165) is 6.42 Å². The van der Waals surface area contributed by atoms with Crippen LogP contribution in [0.1, 0.15) is 31.7 Å². The lowest BCUT2D eigenvalue weighted by Crippen LogP contribution is -2.46. The highest BCUT2D eigenvalue weighted by Crippen LogP contribution is 2.23. The molecular formula is C17H21ClFNO4. The van der Waals surface area contributed by atoms with Crippen LogP contribution in [-0.4, -0.2) is 35.7 Å². The molecule has 1 aliphatic heterocycles. The van der Waals surface area contributed by atoms with Crippen LogP contribution in [0.15, 0.2) is 18.2 Å². The molecular weight excluding hydrogens is 337 g/mol. The van der Waals surface area contributed by atoms with Gasteiger partial charge in [-0.2, -0.15) is 0 Å². The average molecular weight is 358 g/mol. The van der Waals surface area contributed by atoms with Gasteiger partial charge in [0.2, 0.25) is 5.91 Å². The van der Waals surface area contributed by atoms with Crippen molar-refractivity contribution in [3.05, 3.63) is 34.6 Å². The molecule has 0 saturated carbocycles. The molecule has 3 atom stereocenters. The molecule has 1 fully saturated rings. The third-order valence-corrected chi connectivity index (χ3v) is 4.56. The minimum atomic E-state index is -1.21. The molecule has 5 nitrogen and oxygen atoms in total. The number of nitrogens with one attached hydrogen (secondary N) is 1. The highest BCUT2D eigenvalue weighted by Gasteiger charge is 2.30. The molecule has 1 aromatic carbocycles. The summed E-state index contributed by atoms with van der Waals surface area (Å²) >= 11 is 5.71. The van der Waals surface area contributed by atoms with E-state index in [2.05, 4.69) is 5.32 Å². The number of carboxylic acids is 1. The normalized spacial score (nSPS) is 22.0. The molecule has 0 aromatic heterocycles. The Bertz CT molecular complexity index is 610. The van der Waals surface area contributed by atoms with E-state index in [0.29, 0.717) is 19.4 Å². The van der Waals surface area contributed by atoms with Gasteiger partial charge in [-0.1, -0.05) is 30.7 Å². The van der Waals surface area contributed by atoms with Crippen LogP contribution >= 0.6 is 11.6 Å². The number of rotatable bonds is 6. The van der Waals surface area contributed by atoms with E-state index in [-0.39, 0.29) is 34.9 Å². The Morgan fingerprint density at radius 1 is 1.50 bits per heavy atom. The maximum absolute atomic E-state index is 14.0. The van der Waals surface area contributed by atoms with Crippen molar-refractivity contribution < 1.29 is 23.8 Å². The summed E-state index contributed by atoms with van der Waals surface area (Å²) in [4.78, 5) is 23.8. The van der Waals surface area contributed by atoms with Crippen LogP contribution < -0.4 is 5.32 Å². The third-order valence-electron chi connectivity index (χ3n) is 4.26. The minimum Gasteiger partial charge on any atom is -0.480 e. The first-order valence-electron chi connectivity index (χ1n) is 8.00. The van der Waals surface area contributed by atoms with Crippen LogP contribution in [0.4, 0.5) is 4.39 Å². The number of carbonyl (C=O) groups excluding carboxylic acids is 1. The van der Waals surface area contributed by atoms with Gasteiger partial charge in [0, 0.05) is 18.9 Å². The first-order chi connectivity index (χ1) is 11.4. The summed E-state index contributed by atoms with van der Waals surface area (Å²) in [5.41, 5.74) is 0.161. The number of hydrogen-bond donors (Lipinski definition) is 2. The fourth-order valence-electron chi connectivity index (χ4n) is 2.82. The molecule has 3 unspecified atom stereocenters. The number of carboxylic acid groups (broad SMARTS) is 1. The highest BCUT2D eigenvalue weighted by molar-refractivity contribution is 6.30. The van der Waals surface area contributed by atoms with Crippen LogP contribution in [-0.2, 0) is 20.7 Å². The third kappa shape index (κ3) is 4.68. The zero-order valence-electron chi connectivity index (χ0n) is 13.4. The van der Waals surface area contributed by atoms with Crippen molar-refractivity contribution in [3.63, 3.8) is 0 Å². The molecule has 0 bridgehead atoms. The summed E-state index contributed by atoms with van der Waals surface area (Å²) in [6, 6.07) is 3.20. The van der Waals surface area contributed by atoms with Crippen molar-refractivity contribution in [3.8, 4) is 0 Å². The molecule has 0 spiro atoms. The van der Waals surface area contributed by atoms with E-state index in [4.69, 9.17) is 16.3 Å². The minimum absolute atomic E-state index is 0.0168. The van der Waals surface area contributed by atoms with Gasteiger partial charge in [0.25, 0.3) is 0 Å². The fraction of sp³-hybridized carbons (Fsp3) is 0.529. The molecule has 1 aromatic rings. The summed E-state index contributed by atoms with van der Waals surface area (Å²) in [5.74, 6) is -2.47. The van der Waals surface area contributed by atoms with Gasteiger partial charge in [0.1, 0.15) is 11.9 Å². The van der Waals surface area contributed by atoms with Gasteiger partial charge < -0.3 is 15.2 Å². The molecule has 2 rings (SSSR count). The van der Waals surface area contributed by atoms with Gasteiger partial charge >= 0.3 is 5.97 Å². The Balaban J connectivity index is 2.04. The van der Waals surface area contributed by atoms with Crippen molar-refractivity contribution in [1.29, 1.82) is 0 Å². The summed E-state index contributed by atoms with van der Waals surface area (Å²) in [6.45, 7) is 2.46. The number of ether oxygens (including phenoxy) is 1. The number of benzene rings is 1. The molecule has 132 valence electrons. The lowest BCUT2D eigenvalue weighted by molar-refractivity contribution is -0.143. The predicted octanol–water partition coefficient (Wildman–Crippen LogP) is 2.80. The average Bonchev–Trinajstić information content (AvgIpc) is 2.58. The predicted molar refractivity (Wildman–Crippen MR) is 87.4 cm³/mol. The number of carbonyl (C=O) groups is 2. The van der Waals surface area contributed by atoms with Crippen LogP contribution in [0.5, 0.6) is 0 Å². The molecule has 2 N–H and O–H groups in total. The van der Waals surface area contributed by atoms with Crippen molar-refractivity contribution >= 4 is 23.5 Å². The van der Waals surface area contributed by atoms with Crippen LogP contribution in [0.2, 0.25) is 5.02 Å². The summed E-state index contributed by atoms with van der Waals surface area (Å²) in [5, 5.41) is 11.8. The van der Waals surface area contributed by atoms with Crippen LogP contribution in [0.3, 0.4) is 0 Å². The Morgan fingerprint density at radius 3 is 2.92 bits per heavy atom. The summed E-state index contributed by atoms with van der Waals surface area (Å²) < 4.78 is 19.5. The van der Waals surface area contributed by atoms with Crippen LogP contribution in [0.25, 0.3) is 0 Å². The molecule has 1 saturated heterocycles. The largest absolute Gasteiger partial charge is 0.480 e. The van der Waals surface area contributed by atoms with E-state index in [1.807, 2.05) is 6.92 Å². The SMILES string of the molecule is CCC1CC(C(=O)NC(Cc2cccc(Cl)c2F)C(=O)O)CCO1. The molecule has 1 amide bonds. The van der Waals surface area contributed by atoms with E-state index < -0.39 is 17.8 Å². The Hall–Kier alpha value is -1.66. The van der Waals surface area contributed by atoms with Gasteiger partial charge in [-0.05, 0) is 30.9 Å². The van der Waals surface area contributed by atoms with E-state index >= 15 is 0 Å². The number of hydrogen-bond acceptors (Lipinski definition) is 3. The number of amides is 1. The van der Waals surface area contributed by atoms with Crippen molar-refractivity contribution in [1.82, 2.24) is 5.32 Å². The zero-order valence-corrected chi connectivity index (χ0v) is 14.2. The molecule has 7 heteroatoms. The highest BCUT2D eigenvalue weighted by atomic mass is 35.5. The second-order valence-corrected chi connectivity index (χ2v) is 6.35. The zero-order chi connectivity index (χ0) is 17.7. The van der Waals surface area contributed by atoms with Gasteiger partial charge in [0.05, 0.1) is 11.1 Å². The first kappa shape index (κ1) is 18.7. The summed E-state index contributed by atoms with van der Waals surface area (Å²) in [7, 11) is 0. The Kier molecular flexibility index (Phi) is 6.57. The molecule has 0 aliphatic carbocycles. The Labute approximate surface area is 145 Å². The van der Waals surface area contributed by atoms with Gasteiger partial charge in [-0.15, -0.1) is 0 Å². The monoisotopic (exact) mass is 357 g/mol. The van der Waals surface area contributed by atoms with E-state index in [1.54, 1.807) is 6.07 Å². The Morgan fingerprint density at radius 2 is 2.25 bits per heavy atom. The molecule has 0 radical (unpaired) electrons. The second-order valence-electron chi connectivity index (χ2n) is 5.94. The quantitative estimate of drug-likeness (QED) is 0.820. The second kappa shape index (κ2) is 8.44. The van der Waals surface area contributed by atoms with Crippen molar-refractivity contribution in [2.24, 2.45) is 5.92 Å². The maximum atomic E-state index is 14.0. The van der Waals surface area contributed by atoms with Gasteiger partial charge in [-0.3, -0.25) is 4.79 Å². The molecule has 24 heavy (non-hydrogen) atoms. The lowest BCUT2D eigenvalue weighted by Gasteiger charge is -2.29. The standard InChI is InChI=1S/C17H21ClFNO4/c1-2-12-8-11(6-7-24-12)16(21)20-14(17(22)23)9-10-4-3-5-13(18)15(10)19/h3-5,11-12,14H,2,6-9H2,1H3,(H,20,21)(H,22,23). The molecule has 1 aliphatic rings. The fourth-order valence-corrected chi connectivity index (χ4v) is 3.01. The van der Waals surface area contributed by atoms with E-state index in [1.165, 1.54) is 12.1 Å².